The number of aliphatic carboxylic acids is 1. The highest BCUT2D eigenvalue weighted by Gasteiger charge is 2.31. The van der Waals surface area contributed by atoms with Gasteiger partial charge in [-0.05, 0) is 43.1 Å². The van der Waals surface area contributed by atoms with Crippen LogP contribution in [0.3, 0.4) is 0 Å². The largest absolute Gasteiger partial charge is 0.480 e. The molecule has 2 aliphatic heterocycles. The molecule has 0 radical (unpaired) electrons. The second kappa shape index (κ2) is 7.17. The van der Waals surface area contributed by atoms with Gasteiger partial charge in [-0.15, -0.1) is 0 Å². The summed E-state index contributed by atoms with van der Waals surface area (Å²) >= 11 is 1.95. The van der Waals surface area contributed by atoms with E-state index in [0.717, 1.165) is 43.6 Å². The minimum Gasteiger partial charge on any atom is -0.480 e. The summed E-state index contributed by atoms with van der Waals surface area (Å²) in [6.45, 7) is 0.622. The zero-order valence-corrected chi connectivity index (χ0v) is 12.2. The van der Waals surface area contributed by atoms with Gasteiger partial charge >= 0.3 is 5.97 Å². The summed E-state index contributed by atoms with van der Waals surface area (Å²) in [7, 11) is 0. The number of hydrogen-bond acceptors (Lipinski definition) is 3. The van der Waals surface area contributed by atoms with E-state index in [1.165, 1.54) is 0 Å². The minimum absolute atomic E-state index is 0.0613. The maximum Gasteiger partial charge on any atom is 0.326 e. The third-order valence-corrected chi connectivity index (χ3v) is 5.21. The molecule has 108 valence electrons. The van der Waals surface area contributed by atoms with Gasteiger partial charge in [-0.1, -0.05) is 12.8 Å². The third kappa shape index (κ3) is 4.13. The number of carboxylic acid groups (broad SMARTS) is 1. The first-order valence-corrected chi connectivity index (χ1v) is 8.44. The van der Waals surface area contributed by atoms with Gasteiger partial charge in [0.2, 0.25) is 5.91 Å². The molecule has 0 aromatic heterocycles. The summed E-state index contributed by atoms with van der Waals surface area (Å²) in [5.74, 6) is 1.97. The van der Waals surface area contributed by atoms with Gasteiger partial charge in [0, 0.05) is 13.0 Å². The van der Waals surface area contributed by atoms with Gasteiger partial charge < -0.3 is 10.0 Å². The Balaban J connectivity index is 1.95. The van der Waals surface area contributed by atoms with Gasteiger partial charge in [0.15, 0.2) is 0 Å². The molecule has 4 nitrogen and oxygen atoms in total. The molecular weight excluding hydrogens is 262 g/mol. The minimum atomic E-state index is -0.838. The second-order valence-electron chi connectivity index (χ2n) is 5.55. The van der Waals surface area contributed by atoms with Crippen molar-refractivity contribution in [3.05, 3.63) is 0 Å². The maximum atomic E-state index is 12.4. The summed E-state index contributed by atoms with van der Waals surface area (Å²) in [4.78, 5) is 25.3. The van der Waals surface area contributed by atoms with E-state index in [2.05, 4.69) is 0 Å². The number of likely N-dealkylation sites (tertiary alicyclic amines) is 1. The average molecular weight is 285 g/mol. The molecular formula is C14H23NO3S. The van der Waals surface area contributed by atoms with Crippen molar-refractivity contribution in [1.82, 2.24) is 4.90 Å². The van der Waals surface area contributed by atoms with Gasteiger partial charge in [0.1, 0.15) is 6.04 Å². The van der Waals surface area contributed by atoms with Crippen molar-refractivity contribution in [2.75, 3.05) is 18.1 Å². The molecule has 0 spiro atoms. The Hall–Kier alpha value is -0.710. The van der Waals surface area contributed by atoms with Crippen molar-refractivity contribution in [2.24, 2.45) is 5.92 Å². The molecule has 2 fully saturated rings. The average Bonchev–Trinajstić information content (AvgIpc) is 2.65. The van der Waals surface area contributed by atoms with Crippen molar-refractivity contribution in [1.29, 1.82) is 0 Å². The fourth-order valence-electron chi connectivity index (χ4n) is 2.98. The highest BCUT2D eigenvalue weighted by Crippen LogP contribution is 2.27. The van der Waals surface area contributed by atoms with Crippen molar-refractivity contribution in [3.8, 4) is 0 Å². The highest BCUT2D eigenvalue weighted by molar-refractivity contribution is 7.99. The van der Waals surface area contributed by atoms with Crippen LogP contribution in [0.1, 0.15) is 44.9 Å². The molecule has 0 aromatic rings. The van der Waals surface area contributed by atoms with Gasteiger partial charge in [0.25, 0.3) is 0 Å². The monoisotopic (exact) mass is 285 g/mol. The first-order valence-electron chi connectivity index (χ1n) is 7.28. The topological polar surface area (TPSA) is 57.6 Å². The Bertz CT molecular complexity index is 329. The van der Waals surface area contributed by atoms with Gasteiger partial charge in [-0.3, -0.25) is 4.79 Å². The molecule has 2 heterocycles. The van der Waals surface area contributed by atoms with Crippen LogP contribution in [0.25, 0.3) is 0 Å². The Labute approximate surface area is 118 Å². The fourth-order valence-corrected chi connectivity index (χ4v) is 4.18. The van der Waals surface area contributed by atoms with Crippen LogP contribution in [-0.4, -0.2) is 46.0 Å². The number of nitrogens with zero attached hydrogens (tertiary/aromatic N) is 1. The standard InChI is InChI=1S/C14H23NO3S/c16-13(10-11-5-8-19-9-6-11)15-7-3-1-2-4-12(15)14(17)18/h11-12H,1-10H2,(H,17,18). The van der Waals surface area contributed by atoms with Crippen LogP contribution >= 0.6 is 11.8 Å². The molecule has 1 amide bonds. The Kier molecular flexibility index (Phi) is 5.55. The molecule has 19 heavy (non-hydrogen) atoms. The second-order valence-corrected chi connectivity index (χ2v) is 6.78. The van der Waals surface area contributed by atoms with E-state index < -0.39 is 12.0 Å². The number of carbonyl (C=O) groups is 2. The predicted octanol–water partition coefficient (Wildman–Crippen LogP) is 2.38. The molecule has 0 saturated carbocycles. The first-order chi connectivity index (χ1) is 9.18. The van der Waals surface area contributed by atoms with E-state index in [9.17, 15) is 14.7 Å². The number of rotatable bonds is 3. The van der Waals surface area contributed by atoms with Gasteiger partial charge in [-0.25, -0.2) is 4.79 Å². The van der Waals surface area contributed by atoms with Crippen LogP contribution < -0.4 is 0 Å². The van der Waals surface area contributed by atoms with E-state index >= 15 is 0 Å². The van der Waals surface area contributed by atoms with Crippen molar-refractivity contribution in [3.63, 3.8) is 0 Å². The highest BCUT2D eigenvalue weighted by atomic mass is 32.2. The van der Waals surface area contributed by atoms with Crippen molar-refractivity contribution >= 4 is 23.6 Å². The van der Waals surface area contributed by atoms with Crippen LogP contribution in [0.15, 0.2) is 0 Å². The zero-order chi connectivity index (χ0) is 13.7. The molecule has 0 aromatic carbocycles. The van der Waals surface area contributed by atoms with E-state index in [0.29, 0.717) is 25.3 Å². The zero-order valence-electron chi connectivity index (χ0n) is 11.3. The van der Waals surface area contributed by atoms with Crippen molar-refractivity contribution in [2.45, 2.75) is 51.0 Å². The Morgan fingerprint density at radius 3 is 2.53 bits per heavy atom. The van der Waals surface area contributed by atoms with E-state index in [1.54, 1.807) is 4.90 Å². The summed E-state index contributed by atoms with van der Waals surface area (Å²) in [6, 6.07) is -0.590. The SMILES string of the molecule is O=C(O)C1CCCCCN1C(=O)CC1CCSCC1. The lowest BCUT2D eigenvalue weighted by atomic mass is 9.97. The lowest BCUT2D eigenvalue weighted by Gasteiger charge is -2.29. The van der Waals surface area contributed by atoms with Crippen LogP contribution in [0.5, 0.6) is 0 Å². The van der Waals surface area contributed by atoms with Crippen LogP contribution in [-0.2, 0) is 9.59 Å². The van der Waals surface area contributed by atoms with Crippen LogP contribution in [0, 0.1) is 5.92 Å². The molecule has 2 saturated heterocycles. The molecule has 0 aliphatic carbocycles. The smallest absolute Gasteiger partial charge is 0.326 e. The van der Waals surface area contributed by atoms with E-state index in [4.69, 9.17) is 0 Å². The molecule has 2 aliphatic rings. The number of carbonyl (C=O) groups excluding carboxylic acids is 1. The summed E-state index contributed by atoms with van der Waals surface area (Å²) in [5.41, 5.74) is 0. The molecule has 1 N–H and O–H groups in total. The molecule has 1 atom stereocenters. The molecule has 5 heteroatoms. The number of carboxylic acids is 1. The predicted molar refractivity (Wildman–Crippen MR) is 76.3 cm³/mol. The maximum absolute atomic E-state index is 12.4. The van der Waals surface area contributed by atoms with E-state index in [1.807, 2.05) is 11.8 Å². The summed E-state index contributed by atoms with van der Waals surface area (Å²) in [5, 5.41) is 9.29. The summed E-state index contributed by atoms with van der Waals surface area (Å²) < 4.78 is 0. The normalized spacial score (nSPS) is 25.9. The Morgan fingerprint density at radius 2 is 1.84 bits per heavy atom. The van der Waals surface area contributed by atoms with Crippen molar-refractivity contribution < 1.29 is 14.7 Å². The van der Waals surface area contributed by atoms with Gasteiger partial charge in [-0.2, -0.15) is 11.8 Å². The number of hydrogen-bond donors (Lipinski definition) is 1. The summed E-state index contributed by atoms with van der Waals surface area (Å²) in [6.07, 6.45) is 6.25. The molecule has 1 unspecified atom stereocenters. The lowest BCUT2D eigenvalue weighted by molar-refractivity contribution is -0.150. The van der Waals surface area contributed by atoms with Crippen LogP contribution in [0.4, 0.5) is 0 Å². The number of amides is 1. The molecule has 0 bridgehead atoms. The molecule has 2 rings (SSSR count). The first kappa shape index (κ1) is 14.7. The Morgan fingerprint density at radius 1 is 1.11 bits per heavy atom. The quantitative estimate of drug-likeness (QED) is 0.865. The third-order valence-electron chi connectivity index (χ3n) is 4.16. The number of thioether (sulfide) groups is 1. The lowest BCUT2D eigenvalue weighted by Crippen LogP contribution is -2.45. The van der Waals surface area contributed by atoms with Crippen LogP contribution in [0.2, 0.25) is 0 Å². The van der Waals surface area contributed by atoms with Gasteiger partial charge in [0.05, 0.1) is 0 Å². The fraction of sp³-hybridized carbons (Fsp3) is 0.857. The van der Waals surface area contributed by atoms with E-state index in [-0.39, 0.29) is 5.91 Å².